The lowest BCUT2D eigenvalue weighted by Gasteiger charge is -2.35. The molecule has 0 fully saturated rings. The Morgan fingerprint density at radius 1 is 0.818 bits per heavy atom. The lowest BCUT2D eigenvalue weighted by atomic mass is 10.2. The van der Waals surface area contributed by atoms with Crippen LogP contribution >= 0.6 is 0 Å². The van der Waals surface area contributed by atoms with Crippen molar-refractivity contribution in [3.63, 3.8) is 0 Å². The fourth-order valence-electron chi connectivity index (χ4n) is 1.71. The summed E-state index contributed by atoms with van der Waals surface area (Å²) in [5, 5.41) is 3.92. The Labute approximate surface area is 139 Å². The van der Waals surface area contributed by atoms with Crippen LogP contribution in [-0.2, 0) is 18.1 Å². The first-order valence-electron chi connectivity index (χ1n) is 7.80. The number of rotatable bonds is 10. The highest BCUT2D eigenvalue weighted by Crippen LogP contribution is 2.18. The van der Waals surface area contributed by atoms with Gasteiger partial charge in [-0.1, -0.05) is 5.16 Å². The molecule has 0 spiro atoms. The Hall–Kier alpha value is 0.000649. The van der Waals surface area contributed by atoms with Crippen molar-refractivity contribution in [2.45, 2.75) is 71.1 Å². The van der Waals surface area contributed by atoms with Gasteiger partial charge in [0, 0.05) is 0 Å². The average molecular weight is 366 g/mol. The van der Waals surface area contributed by atoms with E-state index in [1.54, 1.807) is 6.21 Å². The molecule has 0 aromatic heterocycles. The molecule has 0 radical (unpaired) electrons. The van der Waals surface area contributed by atoms with Crippen molar-refractivity contribution in [3.05, 3.63) is 0 Å². The van der Waals surface area contributed by atoms with E-state index in [-0.39, 0.29) is 12.2 Å². The van der Waals surface area contributed by atoms with Crippen LogP contribution in [0.1, 0.15) is 0 Å². The van der Waals surface area contributed by atoms with Crippen LogP contribution in [0.15, 0.2) is 5.16 Å². The molecule has 0 saturated carbocycles. The van der Waals surface area contributed by atoms with E-state index >= 15 is 0 Å². The maximum absolute atomic E-state index is 6.32. The lowest BCUT2D eigenvalue weighted by Crippen LogP contribution is -2.48. The van der Waals surface area contributed by atoms with E-state index in [9.17, 15) is 0 Å². The number of hydrogen-bond acceptors (Lipinski definition) is 5. The van der Waals surface area contributed by atoms with Gasteiger partial charge in [0.2, 0.25) is 0 Å². The van der Waals surface area contributed by atoms with Crippen molar-refractivity contribution in [2.75, 3.05) is 13.7 Å². The second-order valence-electron chi connectivity index (χ2n) is 8.32. The minimum Gasteiger partial charge on any atom is -0.415 e. The largest absolute Gasteiger partial charge is 0.415 e. The van der Waals surface area contributed by atoms with Gasteiger partial charge in [-0.25, -0.2) is 0 Å². The van der Waals surface area contributed by atoms with Crippen LogP contribution in [0.25, 0.3) is 0 Å². The molecular formula is C14H35NO4Si3. The highest BCUT2D eigenvalue weighted by molar-refractivity contribution is 6.70. The third-order valence-corrected chi connectivity index (χ3v) is 5.38. The van der Waals surface area contributed by atoms with Crippen molar-refractivity contribution < 1.29 is 18.1 Å². The molecule has 0 aliphatic heterocycles. The molecule has 0 saturated heterocycles. The van der Waals surface area contributed by atoms with E-state index in [1.807, 2.05) is 0 Å². The summed E-state index contributed by atoms with van der Waals surface area (Å²) in [7, 11) is -3.54. The molecule has 5 nitrogen and oxygen atoms in total. The van der Waals surface area contributed by atoms with E-state index in [4.69, 9.17) is 18.1 Å². The average Bonchev–Trinajstić information content (AvgIpc) is 2.26. The molecule has 132 valence electrons. The third-order valence-electron chi connectivity index (χ3n) is 2.35. The van der Waals surface area contributed by atoms with E-state index < -0.39 is 25.0 Å². The summed E-state index contributed by atoms with van der Waals surface area (Å²) in [5.41, 5.74) is 0. The number of hydrogen-bond donors (Lipinski definition) is 0. The summed E-state index contributed by atoms with van der Waals surface area (Å²) >= 11 is 0. The summed E-state index contributed by atoms with van der Waals surface area (Å²) in [5.74, 6) is 0. The smallest absolute Gasteiger partial charge is 0.184 e. The minimum atomic E-state index is -1.74. The van der Waals surface area contributed by atoms with Crippen molar-refractivity contribution in [1.82, 2.24) is 0 Å². The summed E-state index contributed by atoms with van der Waals surface area (Å²) in [6, 6.07) is 0. The molecule has 8 heteroatoms. The van der Waals surface area contributed by atoms with Gasteiger partial charge in [0.05, 0.1) is 18.9 Å². The van der Waals surface area contributed by atoms with Crippen molar-refractivity contribution in [2.24, 2.45) is 5.16 Å². The maximum atomic E-state index is 6.32. The van der Waals surface area contributed by atoms with Gasteiger partial charge in [-0.3, -0.25) is 0 Å². The van der Waals surface area contributed by atoms with Gasteiger partial charge < -0.3 is 18.1 Å². The Morgan fingerprint density at radius 2 is 1.32 bits per heavy atom. The fraction of sp³-hybridized carbons (Fsp3) is 0.929. The van der Waals surface area contributed by atoms with Crippen molar-refractivity contribution in [1.29, 1.82) is 0 Å². The van der Waals surface area contributed by atoms with E-state index in [2.05, 4.69) is 64.1 Å². The molecule has 22 heavy (non-hydrogen) atoms. The molecule has 0 aromatic rings. The molecule has 0 aliphatic carbocycles. The van der Waals surface area contributed by atoms with Gasteiger partial charge in [-0.15, -0.1) is 0 Å². The zero-order valence-corrected chi connectivity index (χ0v) is 19.0. The zero-order chi connectivity index (χ0) is 17.6. The second kappa shape index (κ2) is 8.74. The lowest BCUT2D eigenvalue weighted by molar-refractivity contribution is 0.0445. The summed E-state index contributed by atoms with van der Waals surface area (Å²) in [6.45, 7) is 20.1. The van der Waals surface area contributed by atoms with Crippen LogP contribution in [0.4, 0.5) is 0 Å². The predicted molar refractivity (Wildman–Crippen MR) is 101 cm³/mol. The van der Waals surface area contributed by atoms with Gasteiger partial charge in [-0.05, 0) is 58.9 Å². The molecular weight excluding hydrogens is 330 g/mol. The van der Waals surface area contributed by atoms with Crippen molar-refractivity contribution >= 4 is 31.2 Å². The Bertz CT molecular complexity index is 345. The van der Waals surface area contributed by atoms with Crippen LogP contribution in [0.5, 0.6) is 0 Å². The highest BCUT2D eigenvalue weighted by atomic mass is 28.4. The molecule has 0 rings (SSSR count). The van der Waals surface area contributed by atoms with E-state index in [1.165, 1.54) is 7.11 Å². The Kier molecular flexibility index (Phi) is 8.74. The summed E-state index contributed by atoms with van der Waals surface area (Å²) < 4.78 is 18.7. The summed E-state index contributed by atoms with van der Waals surface area (Å²) in [4.78, 5) is 4.84. The molecule has 2 unspecified atom stereocenters. The monoisotopic (exact) mass is 365 g/mol. The number of nitrogens with zero attached hydrogens (tertiary/aromatic N) is 1. The molecule has 2 atom stereocenters. The molecule has 0 N–H and O–H groups in total. The van der Waals surface area contributed by atoms with Crippen LogP contribution in [-0.4, -0.2) is 57.1 Å². The SMILES string of the molecule is CO/N=C/C(O[Si](C)(C)C)C(CO[Si](C)(C)C)O[Si](C)(C)C. The summed E-state index contributed by atoms with van der Waals surface area (Å²) in [6.07, 6.45) is 1.31. The van der Waals surface area contributed by atoms with Crippen LogP contribution in [0.3, 0.4) is 0 Å². The van der Waals surface area contributed by atoms with Crippen LogP contribution in [0, 0.1) is 0 Å². The van der Waals surface area contributed by atoms with Gasteiger partial charge in [0.15, 0.2) is 25.0 Å². The molecule has 0 bridgehead atoms. The standard InChI is InChI=1S/C14H35NO4Si3/c1-16-15-11-13(18-21(5,6)7)14(19-22(8,9)10)12-17-20(2,3)4/h11,13-14H,12H2,1-10H3/b15-11+. The van der Waals surface area contributed by atoms with Gasteiger partial charge >= 0.3 is 0 Å². The molecule has 0 aliphatic rings. The highest BCUT2D eigenvalue weighted by Gasteiger charge is 2.33. The molecule has 0 amide bonds. The second-order valence-corrected chi connectivity index (χ2v) is 21.8. The first kappa shape index (κ1) is 22.0. The van der Waals surface area contributed by atoms with Crippen LogP contribution < -0.4 is 0 Å². The van der Waals surface area contributed by atoms with E-state index in [0.29, 0.717) is 6.61 Å². The maximum Gasteiger partial charge on any atom is 0.184 e. The fourth-order valence-corrected chi connectivity index (χ4v) is 4.52. The van der Waals surface area contributed by atoms with Gasteiger partial charge in [-0.2, -0.15) is 0 Å². The topological polar surface area (TPSA) is 49.3 Å². The van der Waals surface area contributed by atoms with Gasteiger partial charge in [0.1, 0.15) is 13.2 Å². The number of oxime groups is 1. The molecule has 0 heterocycles. The quantitative estimate of drug-likeness (QED) is 0.334. The first-order valence-corrected chi connectivity index (χ1v) is 18.0. The predicted octanol–water partition coefficient (Wildman–Crippen LogP) is 3.91. The molecule has 0 aromatic carbocycles. The van der Waals surface area contributed by atoms with E-state index in [0.717, 1.165) is 0 Å². The van der Waals surface area contributed by atoms with Crippen molar-refractivity contribution in [3.8, 4) is 0 Å². The Balaban J connectivity index is 5.19. The third kappa shape index (κ3) is 12.5. The van der Waals surface area contributed by atoms with Crippen LogP contribution in [0.2, 0.25) is 58.9 Å². The normalized spacial score (nSPS) is 16.8. The minimum absolute atomic E-state index is 0.149. The Morgan fingerprint density at radius 3 is 1.68 bits per heavy atom. The van der Waals surface area contributed by atoms with Gasteiger partial charge in [0.25, 0.3) is 0 Å². The first-order chi connectivity index (χ1) is 9.73. The zero-order valence-electron chi connectivity index (χ0n) is 16.0.